The predicted octanol–water partition coefficient (Wildman–Crippen LogP) is 1.45. The molecule has 0 bridgehead atoms. The number of aromatic nitrogens is 1. The van der Waals surface area contributed by atoms with Gasteiger partial charge in [-0.1, -0.05) is 13.8 Å². The van der Waals surface area contributed by atoms with Gasteiger partial charge in [-0.2, -0.15) is 0 Å². The van der Waals surface area contributed by atoms with Gasteiger partial charge in [0.05, 0.1) is 18.3 Å². The van der Waals surface area contributed by atoms with Crippen LogP contribution in [0.1, 0.15) is 37.6 Å². The highest BCUT2D eigenvalue weighted by Crippen LogP contribution is 2.20. The minimum atomic E-state index is -0.471. The molecule has 0 spiro atoms. The first kappa shape index (κ1) is 15.1. The summed E-state index contributed by atoms with van der Waals surface area (Å²) in [6.07, 6.45) is -0.0163. The Balaban J connectivity index is 2.49. The molecule has 3 N–H and O–H groups in total. The van der Waals surface area contributed by atoms with Gasteiger partial charge in [-0.25, -0.2) is 4.98 Å². The molecule has 1 heterocycles. The fourth-order valence-corrected chi connectivity index (χ4v) is 2.14. The standard InChI is InChI=1S/C12H21N3O2S/c1-7(2)10(13)11(16)14-5-9-6-18-12(15-9)8(3)17-4/h6-8,10H,5,13H2,1-4H3,(H,14,16)/t8?,10-/m0/s1. The van der Waals surface area contributed by atoms with Crippen molar-refractivity contribution in [2.75, 3.05) is 7.11 Å². The summed E-state index contributed by atoms with van der Waals surface area (Å²) in [6, 6.07) is -0.471. The van der Waals surface area contributed by atoms with Crippen molar-refractivity contribution in [3.8, 4) is 0 Å². The van der Waals surface area contributed by atoms with E-state index in [0.29, 0.717) is 6.54 Å². The topological polar surface area (TPSA) is 77.2 Å². The molecule has 0 aromatic carbocycles. The zero-order valence-corrected chi connectivity index (χ0v) is 12.1. The van der Waals surface area contributed by atoms with Crippen LogP contribution in [0.15, 0.2) is 5.38 Å². The zero-order valence-electron chi connectivity index (χ0n) is 11.3. The minimum Gasteiger partial charge on any atom is -0.375 e. The SMILES string of the molecule is COC(C)c1nc(CNC(=O)[C@@H](N)C(C)C)cs1. The van der Waals surface area contributed by atoms with E-state index >= 15 is 0 Å². The first-order valence-electron chi connectivity index (χ1n) is 5.96. The van der Waals surface area contributed by atoms with Gasteiger partial charge < -0.3 is 15.8 Å². The monoisotopic (exact) mass is 271 g/mol. The van der Waals surface area contributed by atoms with Crippen LogP contribution in [0.25, 0.3) is 0 Å². The van der Waals surface area contributed by atoms with Crippen LogP contribution in [0.3, 0.4) is 0 Å². The second kappa shape index (κ2) is 6.82. The van der Waals surface area contributed by atoms with Crippen LogP contribution in [0.2, 0.25) is 0 Å². The lowest BCUT2D eigenvalue weighted by Gasteiger charge is -2.14. The van der Waals surface area contributed by atoms with E-state index in [9.17, 15) is 4.79 Å². The summed E-state index contributed by atoms with van der Waals surface area (Å²) in [7, 11) is 1.65. The van der Waals surface area contributed by atoms with E-state index in [4.69, 9.17) is 10.5 Å². The number of nitrogens with one attached hydrogen (secondary N) is 1. The third-order valence-electron chi connectivity index (χ3n) is 2.74. The fourth-order valence-electron chi connectivity index (χ4n) is 1.29. The van der Waals surface area contributed by atoms with Gasteiger partial charge in [-0.3, -0.25) is 4.79 Å². The van der Waals surface area contributed by atoms with Crippen LogP contribution in [0, 0.1) is 5.92 Å². The molecule has 1 amide bonds. The minimum absolute atomic E-state index is 0.0163. The van der Waals surface area contributed by atoms with Crippen LogP contribution in [-0.2, 0) is 16.1 Å². The number of ether oxygens (including phenoxy) is 1. The maximum atomic E-state index is 11.7. The Kier molecular flexibility index (Phi) is 5.71. The zero-order chi connectivity index (χ0) is 13.7. The Hall–Kier alpha value is -0.980. The van der Waals surface area contributed by atoms with Crippen LogP contribution in [-0.4, -0.2) is 24.0 Å². The molecule has 0 saturated carbocycles. The third-order valence-corrected chi connectivity index (χ3v) is 3.79. The van der Waals surface area contributed by atoms with Crippen molar-refractivity contribution in [2.45, 2.75) is 39.5 Å². The lowest BCUT2D eigenvalue weighted by atomic mass is 10.1. The number of hydrogen-bond donors (Lipinski definition) is 2. The van der Waals surface area contributed by atoms with Crippen molar-refractivity contribution in [2.24, 2.45) is 11.7 Å². The molecule has 6 heteroatoms. The largest absolute Gasteiger partial charge is 0.375 e. The van der Waals surface area contributed by atoms with Crippen molar-refractivity contribution in [1.29, 1.82) is 0 Å². The normalized spacial score (nSPS) is 14.6. The van der Waals surface area contributed by atoms with Crippen LogP contribution >= 0.6 is 11.3 Å². The van der Waals surface area contributed by atoms with E-state index in [-0.39, 0.29) is 17.9 Å². The highest BCUT2D eigenvalue weighted by atomic mass is 32.1. The van der Waals surface area contributed by atoms with Gasteiger partial charge in [0.2, 0.25) is 5.91 Å². The number of carbonyl (C=O) groups is 1. The Morgan fingerprint density at radius 3 is 2.78 bits per heavy atom. The number of amides is 1. The number of thiazole rings is 1. The number of nitrogens with zero attached hydrogens (tertiary/aromatic N) is 1. The molecule has 1 unspecified atom stereocenters. The van der Waals surface area contributed by atoms with Crippen LogP contribution < -0.4 is 11.1 Å². The van der Waals surface area contributed by atoms with Crippen molar-refractivity contribution >= 4 is 17.2 Å². The first-order chi connectivity index (χ1) is 8.45. The molecule has 1 aromatic heterocycles. The molecule has 0 fully saturated rings. The number of rotatable bonds is 6. The Bertz CT molecular complexity index is 392. The Morgan fingerprint density at radius 2 is 2.22 bits per heavy atom. The smallest absolute Gasteiger partial charge is 0.237 e. The van der Waals surface area contributed by atoms with Crippen molar-refractivity contribution in [3.05, 3.63) is 16.1 Å². The molecule has 0 aliphatic heterocycles. The van der Waals surface area contributed by atoms with Crippen LogP contribution in [0.4, 0.5) is 0 Å². The van der Waals surface area contributed by atoms with Gasteiger partial charge in [0.25, 0.3) is 0 Å². The number of nitrogens with two attached hydrogens (primary N) is 1. The van der Waals surface area contributed by atoms with Gasteiger partial charge in [0.1, 0.15) is 11.1 Å². The number of hydrogen-bond acceptors (Lipinski definition) is 5. The third kappa shape index (κ3) is 4.04. The average Bonchev–Trinajstić information content (AvgIpc) is 2.82. The van der Waals surface area contributed by atoms with E-state index < -0.39 is 6.04 Å². The first-order valence-corrected chi connectivity index (χ1v) is 6.84. The second-order valence-corrected chi connectivity index (χ2v) is 5.43. The van der Waals surface area contributed by atoms with Gasteiger partial charge in [-0.05, 0) is 12.8 Å². The summed E-state index contributed by atoms with van der Waals surface area (Å²) < 4.78 is 5.19. The quantitative estimate of drug-likeness (QED) is 0.821. The summed E-state index contributed by atoms with van der Waals surface area (Å²) in [4.78, 5) is 16.1. The molecule has 1 aromatic rings. The lowest BCUT2D eigenvalue weighted by molar-refractivity contribution is -0.123. The maximum absolute atomic E-state index is 11.7. The number of methoxy groups -OCH3 is 1. The second-order valence-electron chi connectivity index (χ2n) is 4.54. The average molecular weight is 271 g/mol. The molecule has 5 nitrogen and oxygen atoms in total. The summed E-state index contributed by atoms with van der Waals surface area (Å²) in [5.74, 6) is -0.0103. The molecular formula is C12H21N3O2S. The Labute approximate surface area is 112 Å². The van der Waals surface area contributed by atoms with Crippen molar-refractivity contribution in [1.82, 2.24) is 10.3 Å². The molecule has 0 aliphatic rings. The highest BCUT2D eigenvalue weighted by Gasteiger charge is 2.17. The van der Waals surface area contributed by atoms with Gasteiger partial charge >= 0.3 is 0 Å². The van der Waals surface area contributed by atoms with E-state index in [1.165, 1.54) is 11.3 Å². The van der Waals surface area contributed by atoms with Gasteiger partial charge in [0.15, 0.2) is 0 Å². The van der Waals surface area contributed by atoms with E-state index in [1.54, 1.807) is 7.11 Å². The van der Waals surface area contributed by atoms with Crippen molar-refractivity contribution < 1.29 is 9.53 Å². The molecule has 18 heavy (non-hydrogen) atoms. The Morgan fingerprint density at radius 1 is 1.56 bits per heavy atom. The maximum Gasteiger partial charge on any atom is 0.237 e. The summed E-state index contributed by atoms with van der Waals surface area (Å²) in [5.41, 5.74) is 6.59. The van der Waals surface area contributed by atoms with Crippen molar-refractivity contribution in [3.63, 3.8) is 0 Å². The van der Waals surface area contributed by atoms with E-state index in [2.05, 4.69) is 10.3 Å². The van der Waals surface area contributed by atoms with E-state index in [1.807, 2.05) is 26.2 Å². The highest BCUT2D eigenvalue weighted by molar-refractivity contribution is 7.09. The summed E-state index contributed by atoms with van der Waals surface area (Å²) in [6.45, 7) is 6.19. The molecule has 102 valence electrons. The molecule has 1 rings (SSSR count). The van der Waals surface area contributed by atoms with E-state index in [0.717, 1.165) is 10.7 Å². The molecule has 0 radical (unpaired) electrons. The summed E-state index contributed by atoms with van der Waals surface area (Å²) in [5, 5.41) is 5.62. The number of carbonyl (C=O) groups excluding carboxylic acids is 1. The molecule has 0 aliphatic carbocycles. The lowest BCUT2D eigenvalue weighted by Crippen LogP contribution is -2.43. The summed E-state index contributed by atoms with van der Waals surface area (Å²) >= 11 is 1.53. The van der Waals surface area contributed by atoms with Crippen LogP contribution in [0.5, 0.6) is 0 Å². The fraction of sp³-hybridized carbons (Fsp3) is 0.667. The predicted molar refractivity (Wildman–Crippen MR) is 72.2 cm³/mol. The molecule has 0 saturated heterocycles. The van der Waals surface area contributed by atoms with Gasteiger partial charge in [0, 0.05) is 12.5 Å². The molecular weight excluding hydrogens is 250 g/mol. The molecule has 2 atom stereocenters. The van der Waals surface area contributed by atoms with Gasteiger partial charge in [-0.15, -0.1) is 11.3 Å².